The topological polar surface area (TPSA) is 66.8 Å². The second kappa shape index (κ2) is 7.70. The summed E-state index contributed by atoms with van der Waals surface area (Å²) in [6.45, 7) is 8.07. The van der Waals surface area contributed by atoms with E-state index in [0.29, 0.717) is 0 Å². The molecule has 0 bridgehead atoms. The monoisotopic (exact) mass is 380 g/mol. The van der Waals surface area contributed by atoms with E-state index in [2.05, 4.69) is 40.1 Å². The molecule has 0 aromatic carbocycles. The molecule has 140 valence electrons. The van der Waals surface area contributed by atoms with Gasteiger partial charge in [-0.3, -0.25) is 9.88 Å². The Kier molecular flexibility index (Phi) is 5.13. The highest BCUT2D eigenvalue weighted by Crippen LogP contribution is 2.32. The minimum Gasteiger partial charge on any atom is -0.316 e. The number of nitrogens with one attached hydrogen (secondary N) is 1. The highest BCUT2D eigenvalue weighted by Gasteiger charge is 2.29. The van der Waals surface area contributed by atoms with Crippen LogP contribution in [0.2, 0.25) is 0 Å². The zero-order valence-electron chi connectivity index (χ0n) is 15.9. The Morgan fingerprint density at radius 2 is 2.11 bits per heavy atom. The molecule has 6 nitrogen and oxygen atoms in total. The number of thiazole rings is 1. The van der Waals surface area contributed by atoms with E-state index in [9.17, 15) is 0 Å². The maximum atomic E-state index is 4.82. The van der Waals surface area contributed by atoms with Crippen molar-refractivity contribution in [1.29, 1.82) is 0 Å². The van der Waals surface area contributed by atoms with Crippen LogP contribution in [0.4, 0.5) is 10.9 Å². The number of nitrogens with zero attached hydrogens (tertiary/aromatic N) is 5. The van der Waals surface area contributed by atoms with Crippen LogP contribution in [0.1, 0.15) is 46.5 Å². The van der Waals surface area contributed by atoms with Gasteiger partial charge in [-0.25, -0.2) is 15.0 Å². The quantitative estimate of drug-likeness (QED) is 0.710. The minimum absolute atomic E-state index is 0.227. The lowest BCUT2D eigenvalue weighted by atomic mass is 10.1. The Morgan fingerprint density at radius 3 is 2.89 bits per heavy atom. The molecular formula is C20H24N6S. The van der Waals surface area contributed by atoms with Gasteiger partial charge in [0.1, 0.15) is 11.6 Å². The molecule has 27 heavy (non-hydrogen) atoms. The zero-order valence-corrected chi connectivity index (χ0v) is 16.8. The van der Waals surface area contributed by atoms with Crippen LogP contribution in [0, 0.1) is 20.8 Å². The Labute approximate surface area is 163 Å². The third-order valence-corrected chi connectivity index (χ3v) is 5.69. The van der Waals surface area contributed by atoms with E-state index in [1.54, 1.807) is 11.3 Å². The number of hydrogen-bond donors (Lipinski definition) is 1. The molecule has 0 radical (unpaired) electrons. The summed E-state index contributed by atoms with van der Waals surface area (Å²) in [5.74, 6) is 1.70. The van der Waals surface area contributed by atoms with E-state index in [0.717, 1.165) is 54.1 Å². The summed E-state index contributed by atoms with van der Waals surface area (Å²) in [6.07, 6.45) is 5.97. The first kappa shape index (κ1) is 18.0. The van der Waals surface area contributed by atoms with Gasteiger partial charge in [0, 0.05) is 35.6 Å². The number of hydrogen-bond acceptors (Lipinski definition) is 7. The summed E-state index contributed by atoms with van der Waals surface area (Å²) in [4.78, 5) is 22.1. The molecule has 1 aliphatic rings. The second-order valence-electron chi connectivity index (χ2n) is 7.05. The number of anilines is 2. The van der Waals surface area contributed by atoms with Gasteiger partial charge in [0.2, 0.25) is 0 Å². The third kappa shape index (κ3) is 4.14. The summed E-state index contributed by atoms with van der Waals surface area (Å²) >= 11 is 1.63. The van der Waals surface area contributed by atoms with Crippen molar-refractivity contribution in [2.24, 2.45) is 0 Å². The van der Waals surface area contributed by atoms with Gasteiger partial charge in [-0.2, -0.15) is 0 Å². The summed E-state index contributed by atoms with van der Waals surface area (Å²) in [7, 11) is 0. The Hall–Kier alpha value is -2.38. The molecule has 4 heterocycles. The van der Waals surface area contributed by atoms with Crippen molar-refractivity contribution >= 4 is 22.3 Å². The fourth-order valence-corrected chi connectivity index (χ4v) is 4.18. The fourth-order valence-electron chi connectivity index (χ4n) is 3.51. The predicted molar refractivity (Wildman–Crippen MR) is 108 cm³/mol. The fraction of sp³-hybridized carbons (Fsp3) is 0.400. The number of rotatable bonds is 5. The van der Waals surface area contributed by atoms with Crippen molar-refractivity contribution in [2.75, 3.05) is 11.9 Å². The van der Waals surface area contributed by atoms with Crippen molar-refractivity contribution in [2.45, 2.75) is 46.2 Å². The van der Waals surface area contributed by atoms with Crippen LogP contribution in [0.5, 0.6) is 0 Å². The smallest absolute Gasteiger partial charge is 0.188 e. The number of likely N-dealkylation sites (tertiary alicyclic amines) is 1. The van der Waals surface area contributed by atoms with Gasteiger partial charge in [0.05, 0.1) is 11.7 Å². The van der Waals surface area contributed by atoms with Gasteiger partial charge >= 0.3 is 0 Å². The van der Waals surface area contributed by atoms with Gasteiger partial charge in [0.15, 0.2) is 5.13 Å². The molecule has 1 fully saturated rings. The van der Waals surface area contributed by atoms with E-state index in [1.165, 1.54) is 10.4 Å². The lowest BCUT2D eigenvalue weighted by Gasteiger charge is -2.24. The molecule has 0 aliphatic carbocycles. The molecule has 1 atom stereocenters. The maximum Gasteiger partial charge on any atom is 0.188 e. The number of aryl methyl sites for hydroxylation is 3. The normalized spacial score (nSPS) is 17.4. The predicted octanol–water partition coefficient (Wildman–Crippen LogP) is 4.33. The molecule has 0 amide bonds. The average Bonchev–Trinajstić information content (AvgIpc) is 3.25. The van der Waals surface area contributed by atoms with Gasteiger partial charge in [-0.05, 0) is 51.8 Å². The molecular weight excluding hydrogens is 356 g/mol. The molecule has 0 unspecified atom stereocenters. The summed E-state index contributed by atoms with van der Waals surface area (Å²) < 4.78 is 0. The second-order valence-corrected chi connectivity index (χ2v) is 8.28. The van der Waals surface area contributed by atoms with E-state index in [4.69, 9.17) is 9.97 Å². The molecule has 1 saturated heterocycles. The van der Waals surface area contributed by atoms with Gasteiger partial charge in [-0.15, -0.1) is 11.3 Å². The minimum atomic E-state index is 0.227. The molecule has 7 heteroatoms. The first-order chi connectivity index (χ1) is 13.1. The number of pyridine rings is 1. The molecule has 1 N–H and O–H groups in total. The molecule has 0 saturated carbocycles. The highest BCUT2D eigenvalue weighted by atomic mass is 32.1. The van der Waals surface area contributed by atoms with Crippen LogP contribution in [0.3, 0.4) is 0 Å². The van der Waals surface area contributed by atoms with E-state index < -0.39 is 0 Å². The summed E-state index contributed by atoms with van der Waals surface area (Å²) in [6, 6.07) is 6.31. The maximum absolute atomic E-state index is 4.82. The molecule has 3 aromatic rings. The van der Waals surface area contributed by atoms with Crippen molar-refractivity contribution in [3.8, 4) is 0 Å². The van der Waals surface area contributed by atoms with Crippen LogP contribution in [0.25, 0.3) is 0 Å². The first-order valence-electron chi connectivity index (χ1n) is 9.28. The van der Waals surface area contributed by atoms with Crippen LogP contribution in [0.15, 0.2) is 30.6 Å². The molecule has 0 spiro atoms. The van der Waals surface area contributed by atoms with Crippen LogP contribution < -0.4 is 5.32 Å². The van der Waals surface area contributed by atoms with Crippen molar-refractivity contribution in [3.63, 3.8) is 0 Å². The van der Waals surface area contributed by atoms with Gasteiger partial charge in [0.25, 0.3) is 0 Å². The largest absolute Gasteiger partial charge is 0.316 e. The summed E-state index contributed by atoms with van der Waals surface area (Å²) in [5, 5.41) is 4.19. The van der Waals surface area contributed by atoms with Gasteiger partial charge in [-0.1, -0.05) is 6.07 Å². The van der Waals surface area contributed by atoms with Crippen LogP contribution in [-0.4, -0.2) is 31.4 Å². The molecule has 1 aliphatic heterocycles. The van der Waals surface area contributed by atoms with E-state index in [-0.39, 0.29) is 6.04 Å². The number of aromatic nitrogens is 4. The van der Waals surface area contributed by atoms with Crippen LogP contribution >= 0.6 is 11.3 Å². The highest BCUT2D eigenvalue weighted by molar-refractivity contribution is 7.15. The SMILES string of the molecule is Cc1cc(Nc2ncc(C)s2)nc([C@@H]2CCCN2Cc2ncccc2C)n1. The van der Waals surface area contributed by atoms with Crippen molar-refractivity contribution in [3.05, 3.63) is 58.2 Å². The Bertz CT molecular complexity index is 938. The van der Waals surface area contributed by atoms with Crippen molar-refractivity contribution < 1.29 is 0 Å². The van der Waals surface area contributed by atoms with Crippen LogP contribution in [-0.2, 0) is 6.54 Å². The average molecular weight is 381 g/mol. The zero-order chi connectivity index (χ0) is 18.8. The standard InChI is InChI=1S/C20H24N6S/c1-13-6-4-8-21-16(13)12-26-9-5-7-17(26)19-23-14(2)10-18(24-19)25-20-22-11-15(3)27-20/h4,6,8,10-11,17H,5,7,9,12H2,1-3H3,(H,22,23,24,25)/t17-/m0/s1. The van der Waals surface area contributed by atoms with E-state index in [1.807, 2.05) is 31.5 Å². The summed E-state index contributed by atoms with van der Waals surface area (Å²) in [5.41, 5.74) is 3.33. The molecule has 3 aromatic heterocycles. The Morgan fingerprint density at radius 1 is 1.22 bits per heavy atom. The molecule has 4 rings (SSSR count). The Balaban J connectivity index is 1.57. The first-order valence-corrected chi connectivity index (χ1v) is 10.1. The lowest BCUT2D eigenvalue weighted by Crippen LogP contribution is -2.25. The third-order valence-electron chi connectivity index (χ3n) is 4.86. The van der Waals surface area contributed by atoms with Gasteiger partial charge < -0.3 is 5.32 Å². The van der Waals surface area contributed by atoms with Crippen molar-refractivity contribution in [1.82, 2.24) is 24.8 Å². The van der Waals surface area contributed by atoms with E-state index >= 15 is 0 Å². The lowest BCUT2D eigenvalue weighted by molar-refractivity contribution is 0.236.